The van der Waals surface area contributed by atoms with E-state index in [9.17, 15) is 13.6 Å². The van der Waals surface area contributed by atoms with Crippen LogP contribution in [0.2, 0.25) is 0 Å². The van der Waals surface area contributed by atoms with Crippen molar-refractivity contribution in [1.29, 1.82) is 5.26 Å². The first kappa shape index (κ1) is 21.9. The van der Waals surface area contributed by atoms with E-state index < -0.39 is 11.6 Å². The van der Waals surface area contributed by atoms with Crippen molar-refractivity contribution < 1.29 is 13.6 Å². The SMILES string of the molecule is N#Cc1cc(CNC(=O)c2cncc(-c3cc(F)cc(F)c3)c2N2CC[C@@]3(CCN3)C2)ccn1. The molecule has 2 fully saturated rings. The number of halogens is 2. The molecule has 5 rings (SSSR count). The van der Waals surface area contributed by atoms with Gasteiger partial charge >= 0.3 is 0 Å². The number of aromatic nitrogens is 2. The van der Waals surface area contributed by atoms with Gasteiger partial charge in [-0.15, -0.1) is 0 Å². The lowest BCUT2D eigenvalue weighted by Gasteiger charge is -2.40. The van der Waals surface area contributed by atoms with Crippen LogP contribution in [0.15, 0.2) is 48.9 Å². The van der Waals surface area contributed by atoms with E-state index in [1.807, 2.05) is 6.07 Å². The molecule has 0 saturated carbocycles. The topological polar surface area (TPSA) is 93.9 Å². The number of anilines is 1. The van der Waals surface area contributed by atoms with Crippen LogP contribution in [0, 0.1) is 23.0 Å². The lowest BCUT2D eigenvalue weighted by atomic mass is 9.87. The zero-order chi connectivity index (χ0) is 23.7. The number of nitrogens with one attached hydrogen (secondary N) is 2. The van der Waals surface area contributed by atoms with Crippen LogP contribution in [0.5, 0.6) is 0 Å². The van der Waals surface area contributed by atoms with Gasteiger partial charge in [-0.1, -0.05) is 0 Å². The zero-order valence-electron chi connectivity index (χ0n) is 18.3. The molecular formula is C25H22F2N6O. The van der Waals surface area contributed by atoms with E-state index in [4.69, 9.17) is 5.26 Å². The Hall–Kier alpha value is -3.90. The van der Waals surface area contributed by atoms with Crippen molar-refractivity contribution in [2.45, 2.75) is 24.9 Å². The smallest absolute Gasteiger partial charge is 0.255 e. The van der Waals surface area contributed by atoms with Crippen molar-refractivity contribution in [2.24, 2.45) is 0 Å². The van der Waals surface area contributed by atoms with Gasteiger partial charge in [0.1, 0.15) is 23.4 Å². The third-order valence-corrected chi connectivity index (χ3v) is 6.50. The summed E-state index contributed by atoms with van der Waals surface area (Å²) < 4.78 is 28.1. The van der Waals surface area contributed by atoms with Crippen LogP contribution in [-0.2, 0) is 6.54 Å². The molecule has 1 aromatic carbocycles. The van der Waals surface area contributed by atoms with Gasteiger partial charge in [0.25, 0.3) is 5.91 Å². The van der Waals surface area contributed by atoms with Crippen LogP contribution in [0.25, 0.3) is 11.1 Å². The zero-order valence-corrected chi connectivity index (χ0v) is 18.3. The first-order chi connectivity index (χ1) is 16.5. The number of nitriles is 1. The summed E-state index contributed by atoms with van der Waals surface area (Å²) in [7, 11) is 0. The van der Waals surface area contributed by atoms with E-state index in [0.717, 1.165) is 31.0 Å². The summed E-state index contributed by atoms with van der Waals surface area (Å²) in [6.45, 7) is 2.55. The lowest BCUT2D eigenvalue weighted by Crippen LogP contribution is -2.58. The summed E-state index contributed by atoms with van der Waals surface area (Å²) in [5.74, 6) is -1.75. The summed E-state index contributed by atoms with van der Waals surface area (Å²) >= 11 is 0. The largest absolute Gasteiger partial charge is 0.368 e. The average molecular weight is 460 g/mol. The van der Waals surface area contributed by atoms with Crippen LogP contribution in [-0.4, -0.2) is 41.0 Å². The van der Waals surface area contributed by atoms with Crippen molar-refractivity contribution >= 4 is 11.6 Å². The lowest BCUT2D eigenvalue weighted by molar-refractivity contribution is 0.0951. The monoisotopic (exact) mass is 460 g/mol. The highest BCUT2D eigenvalue weighted by molar-refractivity contribution is 6.03. The number of carbonyl (C=O) groups is 1. The van der Waals surface area contributed by atoms with Gasteiger partial charge in [-0.05, 0) is 54.8 Å². The summed E-state index contributed by atoms with van der Waals surface area (Å²) in [6, 6.07) is 8.63. The van der Waals surface area contributed by atoms with E-state index in [1.54, 1.807) is 18.3 Å². The van der Waals surface area contributed by atoms with E-state index in [2.05, 4.69) is 25.5 Å². The normalized spacial score (nSPS) is 19.0. The van der Waals surface area contributed by atoms with E-state index in [0.29, 0.717) is 35.5 Å². The Labute approximate surface area is 195 Å². The van der Waals surface area contributed by atoms with Crippen LogP contribution in [0.1, 0.15) is 34.5 Å². The van der Waals surface area contributed by atoms with Gasteiger partial charge in [-0.25, -0.2) is 13.8 Å². The molecule has 2 saturated heterocycles. The molecule has 2 aliphatic heterocycles. The van der Waals surface area contributed by atoms with Gasteiger partial charge in [-0.2, -0.15) is 5.26 Å². The minimum absolute atomic E-state index is 0.00616. The summed E-state index contributed by atoms with van der Waals surface area (Å²) in [5, 5.41) is 15.4. The molecule has 2 aromatic heterocycles. The molecule has 3 aromatic rings. The summed E-state index contributed by atoms with van der Waals surface area (Å²) in [6.07, 6.45) is 6.50. The molecule has 0 aliphatic carbocycles. The van der Waals surface area contributed by atoms with Gasteiger partial charge in [-0.3, -0.25) is 9.78 Å². The average Bonchev–Trinajstić information content (AvgIpc) is 3.28. The van der Waals surface area contributed by atoms with Gasteiger partial charge in [0.15, 0.2) is 0 Å². The number of carbonyl (C=O) groups excluding carboxylic acids is 1. The molecule has 0 unspecified atom stereocenters. The minimum Gasteiger partial charge on any atom is -0.368 e. The van der Waals surface area contributed by atoms with Crippen molar-refractivity contribution in [3.05, 3.63) is 77.4 Å². The summed E-state index contributed by atoms with van der Waals surface area (Å²) in [4.78, 5) is 23.6. The highest BCUT2D eigenvalue weighted by Crippen LogP contribution is 2.40. The van der Waals surface area contributed by atoms with Gasteiger partial charge < -0.3 is 15.5 Å². The molecule has 0 bridgehead atoms. The molecule has 0 radical (unpaired) electrons. The molecule has 4 heterocycles. The Balaban J connectivity index is 1.51. The molecule has 2 aliphatic rings. The molecule has 7 nitrogen and oxygen atoms in total. The Kier molecular flexibility index (Phi) is 5.67. The number of hydrogen-bond acceptors (Lipinski definition) is 6. The van der Waals surface area contributed by atoms with Crippen LogP contribution in [0.4, 0.5) is 14.5 Å². The predicted molar refractivity (Wildman–Crippen MR) is 122 cm³/mol. The fraction of sp³-hybridized carbons (Fsp3) is 0.280. The van der Waals surface area contributed by atoms with Crippen LogP contribution in [0.3, 0.4) is 0 Å². The second kappa shape index (κ2) is 8.80. The molecule has 172 valence electrons. The molecule has 1 amide bonds. The Bertz CT molecular complexity index is 1280. The quantitative estimate of drug-likeness (QED) is 0.608. The molecule has 34 heavy (non-hydrogen) atoms. The number of pyridine rings is 2. The first-order valence-electron chi connectivity index (χ1n) is 11.0. The maximum atomic E-state index is 14.0. The fourth-order valence-corrected chi connectivity index (χ4v) is 4.69. The predicted octanol–water partition coefficient (Wildman–Crippen LogP) is 3.17. The number of nitrogens with zero attached hydrogens (tertiary/aromatic N) is 4. The standard InChI is InChI=1S/C25H22F2N6O/c26-18-8-17(9-19(27)10-18)21-13-29-14-22(23(21)33-6-3-25(15-33)2-5-32-25)24(34)31-12-16-1-4-30-20(7-16)11-28/h1,4,7-10,13-14,32H,2-3,5-6,12,15H2,(H,31,34)/t25-/m0/s1. The van der Waals surface area contributed by atoms with Gasteiger partial charge in [0.2, 0.25) is 0 Å². The van der Waals surface area contributed by atoms with E-state index in [-0.39, 0.29) is 23.7 Å². The molecule has 2 N–H and O–H groups in total. The van der Waals surface area contributed by atoms with Crippen LogP contribution < -0.4 is 15.5 Å². The summed E-state index contributed by atoms with van der Waals surface area (Å²) in [5.41, 5.74) is 2.76. The third-order valence-electron chi connectivity index (χ3n) is 6.50. The van der Waals surface area contributed by atoms with Crippen molar-refractivity contribution in [3.63, 3.8) is 0 Å². The molecular weight excluding hydrogens is 438 g/mol. The van der Waals surface area contributed by atoms with Crippen molar-refractivity contribution in [1.82, 2.24) is 20.6 Å². The van der Waals surface area contributed by atoms with Gasteiger partial charge in [0.05, 0.1) is 11.3 Å². The van der Waals surface area contributed by atoms with E-state index in [1.165, 1.54) is 24.5 Å². The first-order valence-corrected chi connectivity index (χ1v) is 11.0. The Morgan fingerprint density at radius 2 is 2.00 bits per heavy atom. The Morgan fingerprint density at radius 3 is 2.68 bits per heavy atom. The fourth-order valence-electron chi connectivity index (χ4n) is 4.69. The third kappa shape index (κ3) is 4.20. The minimum atomic E-state index is -0.694. The number of amides is 1. The maximum absolute atomic E-state index is 14.0. The van der Waals surface area contributed by atoms with E-state index >= 15 is 0 Å². The number of rotatable bonds is 5. The second-order valence-corrected chi connectivity index (χ2v) is 8.71. The van der Waals surface area contributed by atoms with Crippen molar-refractivity contribution in [3.8, 4) is 17.2 Å². The number of hydrogen-bond donors (Lipinski definition) is 2. The number of benzene rings is 1. The highest BCUT2D eigenvalue weighted by Gasteiger charge is 2.43. The van der Waals surface area contributed by atoms with Gasteiger partial charge in [0, 0.05) is 55.4 Å². The van der Waals surface area contributed by atoms with Crippen LogP contribution >= 0.6 is 0 Å². The molecule has 9 heteroatoms. The highest BCUT2D eigenvalue weighted by atomic mass is 19.1. The maximum Gasteiger partial charge on any atom is 0.255 e. The second-order valence-electron chi connectivity index (χ2n) is 8.71. The molecule has 1 atom stereocenters. The van der Waals surface area contributed by atoms with Crippen molar-refractivity contribution in [2.75, 3.05) is 24.5 Å². The molecule has 1 spiro atoms. The Morgan fingerprint density at radius 1 is 1.21 bits per heavy atom.